The zero-order valence-corrected chi connectivity index (χ0v) is 12.1. The number of benzene rings is 1. The van der Waals surface area contributed by atoms with Gasteiger partial charge in [0.1, 0.15) is 6.04 Å². The van der Waals surface area contributed by atoms with Crippen LogP contribution in [-0.4, -0.2) is 28.9 Å². The molecule has 1 aromatic rings. The molecule has 6 nitrogen and oxygen atoms in total. The molecule has 0 saturated carbocycles. The van der Waals surface area contributed by atoms with Crippen molar-refractivity contribution in [3.8, 4) is 0 Å². The molecule has 0 spiro atoms. The van der Waals surface area contributed by atoms with Crippen LogP contribution in [0, 0.1) is 3.57 Å². The van der Waals surface area contributed by atoms with Crippen LogP contribution in [0.1, 0.15) is 23.2 Å². The molecule has 0 aliphatic rings. The number of amides is 2. The van der Waals surface area contributed by atoms with Crippen LogP contribution in [0.3, 0.4) is 0 Å². The fourth-order valence-electron chi connectivity index (χ4n) is 1.39. The number of carboxylic acid groups (broad SMARTS) is 1. The average Bonchev–Trinajstić information content (AvgIpc) is 2.34. The normalized spacial score (nSPS) is 11.6. The Labute approximate surface area is 123 Å². The van der Waals surface area contributed by atoms with E-state index < -0.39 is 23.8 Å². The maximum Gasteiger partial charge on any atom is 0.326 e. The fraction of sp³-hybridized carbons (Fsp3) is 0.250. The molecule has 1 atom stereocenters. The Hall–Kier alpha value is -1.64. The van der Waals surface area contributed by atoms with Crippen LogP contribution < -0.4 is 11.1 Å². The van der Waals surface area contributed by atoms with E-state index in [-0.39, 0.29) is 12.8 Å². The molecule has 2 amide bonds. The average molecular weight is 376 g/mol. The Balaban J connectivity index is 2.68. The molecular weight excluding hydrogens is 363 g/mol. The molecule has 7 heteroatoms. The summed E-state index contributed by atoms with van der Waals surface area (Å²) in [6.07, 6.45) is -0.120. The quantitative estimate of drug-likeness (QED) is 0.637. The lowest BCUT2D eigenvalue weighted by molar-refractivity contribution is -0.139. The minimum atomic E-state index is -1.19. The fourth-order valence-corrected chi connectivity index (χ4v) is 1.75. The molecule has 19 heavy (non-hydrogen) atoms. The van der Waals surface area contributed by atoms with Crippen molar-refractivity contribution in [2.45, 2.75) is 18.9 Å². The summed E-state index contributed by atoms with van der Waals surface area (Å²) in [7, 11) is 0. The van der Waals surface area contributed by atoms with E-state index in [1.54, 1.807) is 24.3 Å². The van der Waals surface area contributed by atoms with Crippen molar-refractivity contribution in [1.82, 2.24) is 5.32 Å². The van der Waals surface area contributed by atoms with Gasteiger partial charge in [0.25, 0.3) is 5.91 Å². The Bertz CT molecular complexity index is 487. The lowest BCUT2D eigenvalue weighted by Gasteiger charge is -2.13. The summed E-state index contributed by atoms with van der Waals surface area (Å²) in [4.78, 5) is 33.4. The summed E-state index contributed by atoms with van der Waals surface area (Å²) in [5.41, 5.74) is 5.32. The maximum atomic E-state index is 11.8. The highest BCUT2D eigenvalue weighted by molar-refractivity contribution is 14.1. The Kier molecular flexibility index (Phi) is 5.74. The van der Waals surface area contributed by atoms with Crippen LogP contribution in [0.5, 0.6) is 0 Å². The van der Waals surface area contributed by atoms with Gasteiger partial charge in [-0.2, -0.15) is 0 Å². The van der Waals surface area contributed by atoms with Crippen LogP contribution in [0.2, 0.25) is 0 Å². The first kappa shape index (κ1) is 15.4. The number of nitrogens with two attached hydrogens (primary N) is 1. The Morgan fingerprint density at radius 2 is 1.84 bits per heavy atom. The van der Waals surface area contributed by atoms with Crippen molar-refractivity contribution in [3.63, 3.8) is 0 Å². The van der Waals surface area contributed by atoms with Crippen molar-refractivity contribution in [2.75, 3.05) is 0 Å². The van der Waals surface area contributed by atoms with Crippen LogP contribution >= 0.6 is 22.6 Å². The third kappa shape index (κ3) is 5.25. The largest absolute Gasteiger partial charge is 0.480 e. The zero-order valence-electron chi connectivity index (χ0n) is 9.93. The first-order valence-electron chi connectivity index (χ1n) is 5.47. The molecule has 0 unspecified atom stereocenters. The number of rotatable bonds is 6. The number of halogens is 1. The van der Waals surface area contributed by atoms with Gasteiger partial charge in [0.2, 0.25) is 5.91 Å². The van der Waals surface area contributed by atoms with Crippen LogP contribution in [-0.2, 0) is 9.59 Å². The van der Waals surface area contributed by atoms with Gasteiger partial charge in [-0.25, -0.2) is 4.79 Å². The van der Waals surface area contributed by atoms with E-state index in [0.717, 1.165) is 3.57 Å². The summed E-state index contributed by atoms with van der Waals surface area (Å²) in [6.45, 7) is 0. The van der Waals surface area contributed by atoms with Gasteiger partial charge in [-0.3, -0.25) is 9.59 Å². The summed E-state index contributed by atoms with van der Waals surface area (Å²) in [5, 5.41) is 11.3. The molecule has 0 aliphatic carbocycles. The van der Waals surface area contributed by atoms with Crippen molar-refractivity contribution in [2.24, 2.45) is 5.73 Å². The van der Waals surface area contributed by atoms with E-state index in [4.69, 9.17) is 10.8 Å². The molecule has 0 aromatic heterocycles. The van der Waals surface area contributed by atoms with E-state index >= 15 is 0 Å². The smallest absolute Gasteiger partial charge is 0.326 e. The van der Waals surface area contributed by atoms with Crippen LogP contribution in [0.25, 0.3) is 0 Å². The maximum absolute atomic E-state index is 11.8. The third-order valence-corrected chi connectivity index (χ3v) is 3.11. The number of hydrogen-bond donors (Lipinski definition) is 3. The number of aliphatic carboxylic acids is 1. The van der Waals surface area contributed by atoms with Gasteiger partial charge in [0, 0.05) is 15.6 Å². The second-order valence-electron chi connectivity index (χ2n) is 3.88. The minimum Gasteiger partial charge on any atom is -0.480 e. The Morgan fingerprint density at radius 3 is 2.32 bits per heavy atom. The van der Waals surface area contributed by atoms with Crippen LogP contribution in [0.4, 0.5) is 0 Å². The van der Waals surface area contributed by atoms with E-state index in [2.05, 4.69) is 27.9 Å². The van der Waals surface area contributed by atoms with Gasteiger partial charge in [-0.15, -0.1) is 0 Å². The molecule has 0 aliphatic heterocycles. The van der Waals surface area contributed by atoms with Crippen molar-refractivity contribution in [3.05, 3.63) is 33.4 Å². The molecule has 4 N–H and O–H groups in total. The first-order valence-corrected chi connectivity index (χ1v) is 6.55. The van der Waals surface area contributed by atoms with E-state index in [9.17, 15) is 14.4 Å². The zero-order chi connectivity index (χ0) is 14.4. The summed E-state index contributed by atoms with van der Waals surface area (Å²) < 4.78 is 0.970. The molecule has 0 saturated heterocycles. The van der Waals surface area contributed by atoms with Gasteiger partial charge in [-0.1, -0.05) is 0 Å². The van der Waals surface area contributed by atoms with Gasteiger partial charge < -0.3 is 16.2 Å². The predicted octanol–water partition coefficient (Wildman–Crippen LogP) is 0.740. The number of hydrogen-bond acceptors (Lipinski definition) is 3. The first-order chi connectivity index (χ1) is 8.90. The number of carbonyl (C=O) groups excluding carboxylic acids is 2. The highest BCUT2D eigenvalue weighted by Crippen LogP contribution is 2.07. The van der Waals surface area contributed by atoms with Crippen LogP contribution in [0.15, 0.2) is 24.3 Å². The molecule has 1 rings (SSSR count). The van der Waals surface area contributed by atoms with Crippen molar-refractivity contribution >= 4 is 40.4 Å². The van der Waals surface area contributed by atoms with E-state index in [0.29, 0.717) is 5.56 Å². The van der Waals surface area contributed by atoms with Crippen molar-refractivity contribution < 1.29 is 19.5 Å². The highest BCUT2D eigenvalue weighted by Gasteiger charge is 2.21. The standard InChI is InChI=1S/C12H13IN2O4/c13-8-3-1-7(2-4-8)11(17)15-9(12(18)19)5-6-10(14)16/h1-4,9H,5-6H2,(H2,14,16)(H,15,17)(H,18,19)/t9-/m0/s1. The second kappa shape index (κ2) is 7.07. The number of carbonyl (C=O) groups is 3. The lowest BCUT2D eigenvalue weighted by Crippen LogP contribution is -2.41. The summed E-state index contributed by atoms with van der Waals surface area (Å²) in [6, 6.07) is 5.57. The summed E-state index contributed by atoms with van der Waals surface area (Å²) in [5.74, 6) is -2.29. The summed E-state index contributed by atoms with van der Waals surface area (Å²) >= 11 is 2.10. The van der Waals surface area contributed by atoms with E-state index in [1.807, 2.05) is 0 Å². The molecule has 0 fully saturated rings. The molecule has 0 radical (unpaired) electrons. The second-order valence-corrected chi connectivity index (χ2v) is 5.12. The lowest BCUT2D eigenvalue weighted by atomic mass is 10.1. The highest BCUT2D eigenvalue weighted by atomic mass is 127. The molecular formula is C12H13IN2O4. The van der Waals surface area contributed by atoms with Gasteiger partial charge in [0.05, 0.1) is 0 Å². The molecule has 102 valence electrons. The van der Waals surface area contributed by atoms with Gasteiger partial charge >= 0.3 is 5.97 Å². The number of primary amides is 1. The topological polar surface area (TPSA) is 109 Å². The molecule has 0 heterocycles. The number of nitrogens with one attached hydrogen (secondary N) is 1. The SMILES string of the molecule is NC(=O)CC[C@H](NC(=O)c1ccc(I)cc1)C(=O)O. The third-order valence-electron chi connectivity index (χ3n) is 2.39. The molecule has 1 aromatic carbocycles. The predicted molar refractivity (Wildman–Crippen MR) is 76.5 cm³/mol. The van der Waals surface area contributed by atoms with Gasteiger partial charge in [-0.05, 0) is 53.3 Å². The van der Waals surface area contributed by atoms with Crippen molar-refractivity contribution in [1.29, 1.82) is 0 Å². The number of carboxylic acids is 1. The molecule has 0 bridgehead atoms. The van der Waals surface area contributed by atoms with Gasteiger partial charge in [0.15, 0.2) is 0 Å². The minimum absolute atomic E-state index is 0.0270. The van der Waals surface area contributed by atoms with E-state index in [1.165, 1.54) is 0 Å². The monoisotopic (exact) mass is 376 g/mol. The Morgan fingerprint density at radius 1 is 1.26 bits per heavy atom.